The molecule has 0 spiro atoms. The van der Waals surface area contributed by atoms with Gasteiger partial charge in [0.2, 0.25) is 5.91 Å². The molecule has 0 heterocycles. The molecule has 0 aliphatic rings. The third-order valence-electron chi connectivity index (χ3n) is 15.9. The van der Waals surface area contributed by atoms with E-state index in [9.17, 15) is 20.1 Å². The molecule has 0 aliphatic carbocycles. The number of rotatable bonds is 62. The Morgan fingerprint density at radius 3 is 0.817 bits per heavy atom. The summed E-state index contributed by atoms with van der Waals surface area (Å²) in [7, 11) is 0. The van der Waals surface area contributed by atoms with Gasteiger partial charge in [-0.2, -0.15) is 0 Å². The van der Waals surface area contributed by atoms with Gasteiger partial charge in [0, 0.05) is 6.42 Å². The molecule has 0 bridgehead atoms. The number of aliphatic hydroxyl groups excluding tert-OH is 3. The van der Waals surface area contributed by atoms with Crippen LogP contribution in [0.15, 0.2) is 12.2 Å². The number of hydrogen-bond acceptors (Lipinski definition) is 4. The normalized spacial score (nSPS) is 13.1. The monoisotopic (exact) mass is 1000 g/mol. The van der Waals surface area contributed by atoms with E-state index in [1.165, 1.54) is 315 Å². The van der Waals surface area contributed by atoms with Crippen molar-refractivity contribution in [3.8, 4) is 0 Å². The number of carbonyl (C=O) groups excluding carboxylic acids is 1. The van der Waals surface area contributed by atoms with Crippen LogP contribution in [-0.2, 0) is 4.79 Å². The molecule has 0 saturated carbocycles. The zero-order valence-corrected chi connectivity index (χ0v) is 48.6. The first-order valence-corrected chi connectivity index (χ1v) is 33.0. The molecule has 0 aliphatic heterocycles. The largest absolute Gasteiger partial charge is 0.394 e. The molecule has 0 fully saturated rings. The number of aliphatic hydroxyl groups is 3. The number of unbranched alkanes of at least 4 members (excludes halogenated alkanes) is 52. The molecule has 0 aromatic heterocycles. The molecule has 5 nitrogen and oxygen atoms in total. The summed E-state index contributed by atoms with van der Waals surface area (Å²) in [6.07, 6.45) is 78.5. The number of carbonyl (C=O) groups is 1. The fourth-order valence-corrected chi connectivity index (χ4v) is 10.8. The summed E-state index contributed by atoms with van der Waals surface area (Å²) in [5, 5.41) is 33.8. The van der Waals surface area contributed by atoms with Crippen molar-refractivity contribution in [3.05, 3.63) is 12.2 Å². The summed E-state index contributed by atoms with van der Waals surface area (Å²) in [5.41, 5.74) is 0. The molecule has 0 radical (unpaired) electrons. The van der Waals surface area contributed by atoms with Gasteiger partial charge in [0.05, 0.1) is 18.8 Å². The molecule has 0 aromatic rings. The molecule has 5 heteroatoms. The lowest BCUT2D eigenvalue weighted by Gasteiger charge is -2.26. The minimum Gasteiger partial charge on any atom is -0.394 e. The van der Waals surface area contributed by atoms with E-state index in [4.69, 9.17) is 0 Å². The maximum absolute atomic E-state index is 12.5. The Kier molecular flexibility index (Phi) is 60.8. The van der Waals surface area contributed by atoms with Crippen molar-refractivity contribution in [2.75, 3.05) is 6.61 Å². The molecule has 3 atom stereocenters. The summed E-state index contributed by atoms with van der Waals surface area (Å²) in [6.45, 7) is 4.22. The van der Waals surface area contributed by atoms with E-state index in [1.54, 1.807) is 0 Å². The highest BCUT2D eigenvalue weighted by molar-refractivity contribution is 5.76. The Bertz CT molecular complexity index is 1020. The van der Waals surface area contributed by atoms with Crippen molar-refractivity contribution < 1.29 is 20.1 Å². The van der Waals surface area contributed by atoms with Crippen LogP contribution in [0.5, 0.6) is 0 Å². The zero-order chi connectivity index (χ0) is 51.4. The van der Waals surface area contributed by atoms with Crippen LogP contribution in [0.2, 0.25) is 0 Å². The van der Waals surface area contributed by atoms with E-state index in [0.717, 1.165) is 38.5 Å². The molecule has 3 unspecified atom stereocenters. The van der Waals surface area contributed by atoms with Crippen molar-refractivity contribution in [1.29, 1.82) is 0 Å². The number of amides is 1. The first-order chi connectivity index (χ1) is 35.1. The van der Waals surface area contributed by atoms with Crippen LogP contribution in [0, 0.1) is 0 Å². The van der Waals surface area contributed by atoms with Gasteiger partial charge < -0.3 is 20.6 Å². The number of nitrogens with one attached hydrogen (secondary N) is 1. The third kappa shape index (κ3) is 56.7. The molecule has 71 heavy (non-hydrogen) atoms. The average Bonchev–Trinajstić information content (AvgIpc) is 3.37. The third-order valence-corrected chi connectivity index (χ3v) is 15.9. The standard InChI is InChI=1S/C66H131NO4/c1-3-5-7-9-11-13-15-17-19-21-23-25-26-27-28-29-30-31-32-33-34-35-36-37-38-39-40-41-43-45-47-49-51-53-55-57-59-61-65(70)67-63(62-68)66(71)64(69)60-58-56-54-52-50-48-46-44-42-24-22-20-18-16-14-12-10-8-6-4-2/h52,54,63-64,66,68-69,71H,3-51,53,55-62H2,1-2H3,(H,67,70)/b54-52+. The maximum atomic E-state index is 12.5. The van der Waals surface area contributed by atoms with Crippen molar-refractivity contribution >= 4 is 5.91 Å². The van der Waals surface area contributed by atoms with Gasteiger partial charge in [-0.05, 0) is 38.5 Å². The van der Waals surface area contributed by atoms with Crippen LogP contribution in [0.3, 0.4) is 0 Å². The molecule has 0 aromatic carbocycles. The first kappa shape index (κ1) is 70.1. The predicted molar refractivity (Wildman–Crippen MR) is 315 cm³/mol. The first-order valence-electron chi connectivity index (χ1n) is 33.0. The maximum Gasteiger partial charge on any atom is 0.220 e. The Hall–Kier alpha value is -0.910. The molecule has 1 amide bonds. The predicted octanol–water partition coefficient (Wildman–Crippen LogP) is 21.0. The number of allylic oxidation sites excluding steroid dienone is 2. The van der Waals surface area contributed by atoms with E-state index in [2.05, 4.69) is 31.3 Å². The molecular weight excluding hydrogens is 871 g/mol. The molecule has 0 rings (SSSR count). The van der Waals surface area contributed by atoms with E-state index < -0.39 is 18.2 Å². The van der Waals surface area contributed by atoms with Gasteiger partial charge in [-0.3, -0.25) is 4.79 Å². The molecular formula is C66H131NO4. The minimum atomic E-state index is -1.16. The second-order valence-electron chi connectivity index (χ2n) is 23.0. The summed E-state index contributed by atoms with van der Waals surface area (Å²) >= 11 is 0. The Morgan fingerprint density at radius 1 is 0.338 bits per heavy atom. The van der Waals surface area contributed by atoms with Gasteiger partial charge >= 0.3 is 0 Å². The minimum absolute atomic E-state index is 0.145. The van der Waals surface area contributed by atoms with Crippen LogP contribution in [-0.4, -0.2) is 46.1 Å². The van der Waals surface area contributed by atoms with Crippen molar-refractivity contribution in [1.82, 2.24) is 5.32 Å². The summed E-state index contributed by atoms with van der Waals surface area (Å²) < 4.78 is 0. The van der Waals surface area contributed by atoms with Crippen LogP contribution in [0.4, 0.5) is 0 Å². The average molecular weight is 1000 g/mol. The van der Waals surface area contributed by atoms with Gasteiger partial charge in [0.15, 0.2) is 0 Å². The summed E-state index contributed by atoms with van der Waals surface area (Å²) in [4.78, 5) is 12.5. The van der Waals surface area contributed by atoms with Crippen LogP contribution >= 0.6 is 0 Å². The van der Waals surface area contributed by atoms with Crippen molar-refractivity contribution in [2.45, 2.75) is 398 Å². The van der Waals surface area contributed by atoms with Crippen molar-refractivity contribution in [3.63, 3.8) is 0 Å². The molecule has 424 valence electrons. The Labute approximate surface area is 446 Å². The topological polar surface area (TPSA) is 89.8 Å². The van der Waals surface area contributed by atoms with Gasteiger partial charge in [-0.25, -0.2) is 0 Å². The van der Waals surface area contributed by atoms with E-state index in [1.807, 2.05) is 0 Å². The van der Waals surface area contributed by atoms with E-state index in [0.29, 0.717) is 12.8 Å². The fourth-order valence-electron chi connectivity index (χ4n) is 10.8. The summed E-state index contributed by atoms with van der Waals surface area (Å²) in [5.74, 6) is -0.145. The SMILES string of the molecule is CCCCCCCCCCCCCCCCC/C=C/CCCC(O)C(O)C(CO)NC(=O)CCCCCCCCCCCCCCCCCCCCCCCCCCCCCCCCCCCCCCC. The van der Waals surface area contributed by atoms with Crippen LogP contribution in [0.25, 0.3) is 0 Å². The Balaban J connectivity index is 3.44. The molecule has 0 saturated heterocycles. The van der Waals surface area contributed by atoms with Gasteiger partial charge in [-0.15, -0.1) is 0 Å². The summed E-state index contributed by atoms with van der Waals surface area (Å²) in [6, 6.07) is -0.823. The van der Waals surface area contributed by atoms with Gasteiger partial charge in [-0.1, -0.05) is 347 Å². The second kappa shape index (κ2) is 61.6. The van der Waals surface area contributed by atoms with Crippen LogP contribution < -0.4 is 5.32 Å². The lowest BCUT2D eigenvalue weighted by Crippen LogP contribution is -2.50. The number of hydrogen-bond donors (Lipinski definition) is 4. The Morgan fingerprint density at radius 2 is 0.563 bits per heavy atom. The quantitative estimate of drug-likeness (QED) is 0.0361. The van der Waals surface area contributed by atoms with E-state index >= 15 is 0 Å². The zero-order valence-electron chi connectivity index (χ0n) is 48.6. The highest BCUT2D eigenvalue weighted by atomic mass is 16.3. The van der Waals surface area contributed by atoms with E-state index in [-0.39, 0.29) is 12.5 Å². The fraction of sp³-hybridized carbons (Fsp3) is 0.955. The van der Waals surface area contributed by atoms with Gasteiger partial charge in [0.1, 0.15) is 6.10 Å². The van der Waals surface area contributed by atoms with Crippen LogP contribution in [0.1, 0.15) is 380 Å². The second-order valence-corrected chi connectivity index (χ2v) is 23.0. The lowest BCUT2D eigenvalue weighted by molar-refractivity contribution is -0.124. The highest BCUT2D eigenvalue weighted by Crippen LogP contribution is 2.19. The molecule has 4 N–H and O–H groups in total. The lowest BCUT2D eigenvalue weighted by atomic mass is 10.0. The smallest absolute Gasteiger partial charge is 0.220 e. The van der Waals surface area contributed by atoms with Crippen molar-refractivity contribution in [2.24, 2.45) is 0 Å². The van der Waals surface area contributed by atoms with Gasteiger partial charge in [0.25, 0.3) is 0 Å². The highest BCUT2D eigenvalue weighted by Gasteiger charge is 2.26.